The maximum absolute atomic E-state index is 11.2. The van der Waals surface area contributed by atoms with Crippen LogP contribution in [-0.4, -0.2) is 31.3 Å². The molecule has 0 bridgehead atoms. The summed E-state index contributed by atoms with van der Waals surface area (Å²) in [6.45, 7) is 7.86. The van der Waals surface area contributed by atoms with Gasteiger partial charge >= 0.3 is 5.97 Å². The molecule has 0 fully saturated rings. The van der Waals surface area contributed by atoms with E-state index >= 15 is 0 Å². The van der Waals surface area contributed by atoms with Crippen LogP contribution < -0.4 is 0 Å². The Balaban J connectivity index is 3.02. The fraction of sp³-hybridized carbons (Fsp3) is 0.800. The second-order valence-electron chi connectivity index (χ2n) is 4.32. The van der Waals surface area contributed by atoms with Gasteiger partial charge in [-0.25, -0.2) is 0 Å². The van der Waals surface area contributed by atoms with Crippen LogP contribution in [0.5, 0.6) is 0 Å². The van der Waals surface area contributed by atoms with Crippen LogP contribution in [0, 0.1) is 5.41 Å². The van der Waals surface area contributed by atoms with Gasteiger partial charge in [0.25, 0.3) is 0 Å². The quantitative estimate of drug-likeness (QED) is 0.818. The minimum absolute atomic E-state index is 0.217. The van der Waals surface area contributed by atoms with Crippen LogP contribution in [0.25, 0.3) is 0 Å². The third kappa shape index (κ3) is 2.20. The molecule has 1 N–H and O–H groups in total. The second kappa shape index (κ2) is 4.59. The highest BCUT2D eigenvalue weighted by molar-refractivity contribution is 5.74. The molecule has 0 amide bonds. The summed E-state index contributed by atoms with van der Waals surface area (Å²) < 4.78 is 0. The fourth-order valence-corrected chi connectivity index (χ4v) is 1.69. The summed E-state index contributed by atoms with van der Waals surface area (Å²) in [5, 5.41) is 21.1. The van der Waals surface area contributed by atoms with Crippen molar-refractivity contribution in [2.45, 2.75) is 46.6 Å². The standard InChI is InChI=1S/C10H18N4O2/c1-5-7(10(3,4)9(15)16)8-11-13-14(6-2)12-8/h7H,5-6H2,1-4H3,(H,15,16). The number of carboxylic acid groups (broad SMARTS) is 1. The van der Waals surface area contributed by atoms with Crippen molar-refractivity contribution < 1.29 is 9.90 Å². The van der Waals surface area contributed by atoms with Gasteiger partial charge in [-0.05, 0) is 32.4 Å². The maximum atomic E-state index is 11.2. The number of aromatic nitrogens is 4. The molecule has 1 atom stereocenters. The number of carboxylic acids is 1. The van der Waals surface area contributed by atoms with Crippen molar-refractivity contribution in [2.75, 3.05) is 0 Å². The van der Waals surface area contributed by atoms with E-state index in [2.05, 4.69) is 15.4 Å². The number of aryl methyl sites for hydroxylation is 1. The predicted octanol–water partition coefficient (Wildman–Crippen LogP) is 1.30. The Labute approximate surface area is 94.7 Å². The van der Waals surface area contributed by atoms with Crippen molar-refractivity contribution in [1.29, 1.82) is 0 Å². The van der Waals surface area contributed by atoms with Crippen LogP contribution in [0.15, 0.2) is 0 Å². The molecule has 0 aliphatic rings. The van der Waals surface area contributed by atoms with Gasteiger partial charge in [0, 0.05) is 5.92 Å². The average Bonchev–Trinajstić information content (AvgIpc) is 2.66. The number of rotatable bonds is 5. The van der Waals surface area contributed by atoms with Crippen molar-refractivity contribution in [3.63, 3.8) is 0 Å². The maximum Gasteiger partial charge on any atom is 0.309 e. The van der Waals surface area contributed by atoms with Crippen molar-refractivity contribution in [3.05, 3.63) is 5.82 Å². The zero-order valence-corrected chi connectivity index (χ0v) is 10.1. The molecular formula is C10H18N4O2. The van der Waals surface area contributed by atoms with E-state index < -0.39 is 11.4 Å². The summed E-state index contributed by atoms with van der Waals surface area (Å²) >= 11 is 0. The summed E-state index contributed by atoms with van der Waals surface area (Å²) in [6.07, 6.45) is 0.675. The molecule has 0 aromatic carbocycles. The highest BCUT2D eigenvalue weighted by Gasteiger charge is 2.39. The number of hydrogen-bond acceptors (Lipinski definition) is 4. The lowest BCUT2D eigenvalue weighted by atomic mass is 9.77. The number of hydrogen-bond donors (Lipinski definition) is 1. The molecule has 1 heterocycles. The molecule has 1 aromatic heterocycles. The van der Waals surface area contributed by atoms with E-state index in [0.717, 1.165) is 0 Å². The Kier molecular flexibility index (Phi) is 3.62. The molecule has 0 saturated heterocycles. The molecule has 0 aliphatic carbocycles. The van der Waals surface area contributed by atoms with Gasteiger partial charge in [-0.3, -0.25) is 4.79 Å². The summed E-state index contributed by atoms with van der Waals surface area (Å²) in [5.74, 6) is -0.547. The van der Waals surface area contributed by atoms with Crippen LogP contribution in [0.3, 0.4) is 0 Å². The fourth-order valence-electron chi connectivity index (χ4n) is 1.69. The first-order chi connectivity index (χ1) is 7.43. The van der Waals surface area contributed by atoms with Crippen molar-refractivity contribution in [2.24, 2.45) is 5.41 Å². The summed E-state index contributed by atoms with van der Waals surface area (Å²) in [5.41, 5.74) is -0.879. The molecule has 90 valence electrons. The van der Waals surface area contributed by atoms with Crippen molar-refractivity contribution in [3.8, 4) is 0 Å². The largest absolute Gasteiger partial charge is 0.481 e. The summed E-state index contributed by atoms with van der Waals surface area (Å²) in [4.78, 5) is 12.7. The third-order valence-electron chi connectivity index (χ3n) is 2.89. The monoisotopic (exact) mass is 226 g/mol. The summed E-state index contributed by atoms with van der Waals surface area (Å²) in [6, 6.07) is 0. The van der Waals surface area contributed by atoms with Gasteiger partial charge in [-0.2, -0.15) is 4.80 Å². The van der Waals surface area contributed by atoms with E-state index in [4.69, 9.17) is 0 Å². The average molecular weight is 226 g/mol. The highest BCUT2D eigenvalue weighted by Crippen LogP contribution is 2.36. The molecule has 1 aromatic rings. The Morgan fingerprint density at radius 2 is 2.12 bits per heavy atom. The first kappa shape index (κ1) is 12.6. The van der Waals surface area contributed by atoms with Gasteiger partial charge < -0.3 is 5.11 Å². The Bertz CT molecular complexity index is 373. The molecular weight excluding hydrogens is 208 g/mol. The molecule has 0 spiro atoms. The number of aliphatic carboxylic acids is 1. The van der Waals surface area contributed by atoms with E-state index in [1.165, 1.54) is 4.80 Å². The van der Waals surface area contributed by atoms with Crippen LogP contribution in [0.2, 0.25) is 0 Å². The Morgan fingerprint density at radius 3 is 2.50 bits per heavy atom. The first-order valence-electron chi connectivity index (χ1n) is 5.44. The van der Waals surface area contributed by atoms with Gasteiger partial charge in [-0.15, -0.1) is 10.2 Å². The first-order valence-corrected chi connectivity index (χ1v) is 5.44. The predicted molar refractivity (Wildman–Crippen MR) is 57.9 cm³/mol. The van der Waals surface area contributed by atoms with E-state index in [-0.39, 0.29) is 5.92 Å². The van der Waals surface area contributed by atoms with Gasteiger partial charge in [-0.1, -0.05) is 6.92 Å². The molecule has 1 rings (SSSR count). The molecule has 0 radical (unpaired) electrons. The smallest absolute Gasteiger partial charge is 0.309 e. The molecule has 0 aliphatic heterocycles. The Hall–Kier alpha value is -1.46. The summed E-state index contributed by atoms with van der Waals surface area (Å²) in [7, 11) is 0. The van der Waals surface area contributed by atoms with Crippen LogP contribution in [-0.2, 0) is 11.3 Å². The molecule has 0 saturated carbocycles. The Morgan fingerprint density at radius 1 is 1.50 bits per heavy atom. The van der Waals surface area contributed by atoms with Crippen molar-refractivity contribution in [1.82, 2.24) is 20.2 Å². The topological polar surface area (TPSA) is 80.9 Å². The van der Waals surface area contributed by atoms with Gasteiger partial charge in [0.2, 0.25) is 0 Å². The normalized spacial score (nSPS) is 13.8. The highest BCUT2D eigenvalue weighted by atomic mass is 16.4. The van der Waals surface area contributed by atoms with E-state index in [1.807, 2.05) is 13.8 Å². The van der Waals surface area contributed by atoms with Crippen molar-refractivity contribution >= 4 is 5.97 Å². The van der Waals surface area contributed by atoms with E-state index in [9.17, 15) is 9.90 Å². The van der Waals surface area contributed by atoms with Crippen LogP contribution in [0.1, 0.15) is 45.9 Å². The minimum atomic E-state index is -0.879. The zero-order valence-electron chi connectivity index (χ0n) is 10.1. The van der Waals surface area contributed by atoms with Gasteiger partial charge in [0.15, 0.2) is 5.82 Å². The number of tetrazole rings is 1. The second-order valence-corrected chi connectivity index (χ2v) is 4.32. The van der Waals surface area contributed by atoms with Gasteiger partial charge in [0.1, 0.15) is 0 Å². The lowest BCUT2D eigenvalue weighted by Crippen LogP contribution is -2.31. The van der Waals surface area contributed by atoms with E-state index in [0.29, 0.717) is 18.8 Å². The van der Waals surface area contributed by atoms with Crippen LogP contribution in [0.4, 0.5) is 0 Å². The zero-order chi connectivity index (χ0) is 12.3. The molecule has 6 heteroatoms. The van der Waals surface area contributed by atoms with E-state index in [1.54, 1.807) is 13.8 Å². The van der Waals surface area contributed by atoms with Crippen LogP contribution >= 0.6 is 0 Å². The third-order valence-corrected chi connectivity index (χ3v) is 2.89. The molecule has 1 unspecified atom stereocenters. The molecule has 16 heavy (non-hydrogen) atoms. The van der Waals surface area contributed by atoms with Gasteiger partial charge in [0.05, 0.1) is 12.0 Å². The SMILES string of the molecule is CCC(c1nnn(CC)n1)C(C)(C)C(=O)O. The number of nitrogens with zero attached hydrogens (tertiary/aromatic N) is 4. The number of carbonyl (C=O) groups is 1. The lowest BCUT2D eigenvalue weighted by molar-refractivity contribution is -0.148. The lowest BCUT2D eigenvalue weighted by Gasteiger charge is -2.26. The minimum Gasteiger partial charge on any atom is -0.481 e. The molecule has 6 nitrogen and oxygen atoms in total.